The zero-order valence-corrected chi connectivity index (χ0v) is 14.2. The van der Waals surface area contributed by atoms with E-state index in [2.05, 4.69) is 25.8 Å². The molecule has 0 bridgehead atoms. The van der Waals surface area contributed by atoms with E-state index in [9.17, 15) is 4.79 Å². The largest absolute Gasteiger partial charge is 0.338 e. The third kappa shape index (κ3) is 3.50. The van der Waals surface area contributed by atoms with E-state index in [0.717, 1.165) is 44.3 Å². The lowest BCUT2D eigenvalue weighted by Gasteiger charge is -2.08. The van der Waals surface area contributed by atoms with Gasteiger partial charge in [0.15, 0.2) is 0 Å². The Hall–Kier alpha value is -2.41. The van der Waals surface area contributed by atoms with Crippen LogP contribution in [0.25, 0.3) is 10.2 Å². The summed E-state index contributed by atoms with van der Waals surface area (Å²) in [4.78, 5) is 16.4. The van der Waals surface area contributed by atoms with Gasteiger partial charge in [0.25, 0.3) is 0 Å². The van der Waals surface area contributed by atoms with Gasteiger partial charge in [-0.1, -0.05) is 0 Å². The Labute approximate surface area is 138 Å². The van der Waals surface area contributed by atoms with Crippen LogP contribution in [0.15, 0.2) is 18.2 Å². The summed E-state index contributed by atoms with van der Waals surface area (Å²) in [6.45, 7) is 6.49. The molecule has 0 fully saturated rings. The van der Waals surface area contributed by atoms with Crippen molar-refractivity contribution < 1.29 is 4.79 Å². The molecule has 0 aliphatic heterocycles. The lowest BCUT2D eigenvalue weighted by molar-refractivity contribution is 0.252. The van der Waals surface area contributed by atoms with Crippen molar-refractivity contribution in [1.82, 2.24) is 20.5 Å². The predicted molar refractivity (Wildman–Crippen MR) is 93.1 cm³/mol. The maximum Gasteiger partial charge on any atom is 0.319 e. The first-order valence-electron chi connectivity index (χ1n) is 7.45. The molecule has 3 rings (SSSR count). The van der Waals surface area contributed by atoms with Crippen LogP contribution in [0.4, 0.5) is 10.5 Å². The average Bonchev–Trinajstić information content (AvgIpc) is 3.02. The van der Waals surface area contributed by atoms with E-state index in [1.807, 2.05) is 39.0 Å². The summed E-state index contributed by atoms with van der Waals surface area (Å²) < 4.78 is 1.12. The van der Waals surface area contributed by atoms with Gasteiger partial charge in [-0.2, -0.15) is 5.10 Å². The number of nitrogens with zero attached hydrogens (tertiary/aromatic N) is 2. The number of nitrogens with one attached hydrogen (secondary N) is 3. The molecule has 2 amide bonds. The maximum atomic E-state index is 12.0. The number of hydrogen-bond donors (Lipinski definition) is 3. The minimum absolute atomic E-state index is 0.213. The van der Waals surface area contributed by atoms with Gasteiger partial charge in [-0.3, -0.25) is 5.10 Å². The van der Waals surface area contributed by atoms with Gasteiger partial charge < -0.3 is 10.6 Å². The van der Waals surface area contributed by atoms with Gasteiger partial charge in [-0.15, -0.1) is 11.3 Å². The lowest BCUT2D eigenvalue weighted by atomic mass is 10.1. The van der Waals surface area contributed by atoms with E-state index < -0.39 is 0 Å². The summed E-state index contributed by atoms with van der Waals surface area (Å²) in [5.74, 6) is 0. The van der Waals surface area contributed by atoms with Crippen LogP contribution in [0.2, 0.25) is 0 Å². The zero-order chi connectivity index (χ0) is 16.4. The number of anilines is 1. The number of hydrogen-bond acceptors (Lipinski definition) is 4. The molecule has 1 aromatic carbocycles. The molecule has 0 aliphatic carbocycles. The Balaban J connectivity index is 1.56. The number of rotatable bonds is 4. The second-order valence-corrected chi connectivity index (χ2v) is 6.69. The Morgan fingerprint density at radius 1 is 1.30 bits per heavy atom. The van der Waals surface area contributed by atoms with Crippen LogP contribution in [-0.2, 0) is 6.42 Å². The number of thiazole rings is 1. The van der Waals surface area contributed by atoms with Crippen molar-refractivity contribution in [2.45, 2.75) is 27.2 Å². The molecular weight excluding hydrogens is 310 g/mol. The number of carbonyl (C=O) groups is 1. The molecule has 0 spiro atoms. The molecule has 6 nitrogen and oxygen atoms in total. The van der Waals surface area contributed by atoms with Crippen LogP contribution in [0.1, 0.15) is 22.0 Å². The first-order valence-corrected chi connectivity index (χ1v) is 8.27. The van der Waals surface area contributed by atoms with Crippen LogP contribution in [0.3, 0.4) is 0 Å². The van der Waals surface area contributed by atoms with Crippen LogP contribution < -0.4 is 10.6 Å². The SMILES string of the molecule is Cc1nc2cc(NC(=O)NCCc3c(C)n[nH]c3C)ccc2s1. The Bertz CT molecular complexity index is 832. The standard InChI is InChI=1S/C16H19N5OS/c1-9-13(10(2)21-20-9)6-7-17-16(22)19-12-4-5-15-14(8-12)18-11(3)23-15/h4-5,8H,6-7H2,1-3H3,(H,20,21)(H2,17,19,22). The van der Waals surface area contributed by atoms with Gasteiger partial charge in [-0.05, 0) is 51.0 Å². The van der Waals surface area contributed by atoms with Crippen LogP contribution >= 0.6 is 11.3 Å². The summed E-state index contributed by atoms with van der Waals surface area (Å²) in [5.41, 5.74) is 4.85. The topological polar surface area (TPSA) is 82.7 Å². The van der Waals surface area contributed by atoms with E-state index in [4.69, 9.17) is 0 Å². The number of urea groups is 1. The van der Waals surface area contributed by atoms with Crippen molar-refractivity contribution >= 4 is 33.3 Å². The monoisotopic (exact) mass is 329 g/mol. The Morgan fingerprint density at radius 3 is 2.87 bits per heavy atom. The van der Waals surface area contributed by atoms with Crippen LogP contribution in [0.5, 0.6) is 0 Å². The molecule has 2 aromatic heterocycles. The highest BCUT2D eigenvalue weighted by Gasteiger charge is 2.08. The number of amides is 2. The predicted octanol–water partition coefficient (Wildman–Crippen LogP) is 3.31. The fourth-order valence-electron chi connectivity index (χ4n) is 2.54. The molecule has 3 N–H and O–H groups in total. The quantitative estimate of drug-likeness (QED) is 0.687. The number of aromatic amines is 1. The second-order valence-electron chi connectivity index (χ2n) is 5.46. The summed E-state index contributed by atoms with van der Waals surface area (Å²) in [7, 11) is 0. The van der Waals surface area contributed by atoms with Gasteiger partial charge in [0.05, 0.1) is 20.9 Å². The van der Waals surface area contributed by atoms with Crippen molar-refractivity contribution in [2.75, 3.05) is 11.9 Å². The maximum absolute atomic E-state index is 12.0. The molecule has 0 saturated heterocycles. The second kappa shape index (κ2) is 6.37. The van der Waals surface area contributed by atoms with Crippen molar-refractivity contribution in [1.29, 1.82) is 0 Å². The first-order chi connectivity index (χ1) is 11.0. The van der Waals surface area contributed by atoms with E-state index in [0.29, 0.717) is 6.54 Å². The summed E-state index contributed by atoms with van der Waals surface area (Å²) in [5, 5.41) is 13.8. The first kappa shape index (κ1) is 15.5. The van der Waals surface area contributed by atoms with Gasteiger partial charge in [-0.25, -0.2) is 9.78 Å². The smallest absolute Gasteiger partial charge is 0.319 e. The molecule has 0 saturated carbocycles. The van der Waals surface area contributed by atoms with E-state index in [1.165, 1.54) is 0 Å². The van der Waals surface area contributed by atoms with Crippen molar-refractivity contribution in [3.63, 3.8) is 0 Å². The fourth-order valence-corrected chi connectivity index (χ4v) is 3.35. The van der Waals surface area contributed by atoms with Crippen LogP contribution in [-0.4, -0.2) is 27.8 Å². The van der Waals surface area contributed by atoms with Crippen LogP contribution in [0, 0.1) is 20.8 Å². The highest BCUT2D eigenvalue weighted by Crippen LogP contribution is 2.24. The fraction of sp³-hybridized carbons (Fsp3) is 0.312. The Kier molecular flexibility index (Phi) is 4.29. The number of aryl methyl sites for hydroxylation is 3. The van der Waals surface area contributed by atoms with Gasteiger partial charge >= 0.3 is 6.03 Å². The average molecular weight is 329 g/mol. The third-order valence-corrected chi connectivity index (χ3v) is 4.65. The molecule has 120 valence electrons. The highest BCUT2D eigenvalue weighted by atomic mass is 32.1. The summed E-state index contributed by atoms with van der Waals surface area (Å²) >= 11 is 1.65. The molecule has 0 aliphatic rings. The molecule has 7 heteroatoms. The molecule has 0 unspecified atom stereocenters. The molecule has 2 heterocycles. The van der Waals surface area contributed by atoms with Crippen molar-refractivity contribution in [3.8, 4) is 0 Å². The minimum Gasteiger partial charge on any atom is -0.338 e. The molecule has 23 heavy (non-hydrogen) atoms. The minimum atomic E-state index is -0.213. The number of H-pyrrole nitrogens is 1. The van der Waals surface area contributed by atoms with E-state index in [1.54, 1.807) is 11.3 Å². The number of carbonyl (C=O) groups excluding carboxylic acids is 1. The number of fused-ring (bicyclic) bond motifs is 1. The zero-order valence-electron chi connectivity index (χ0n) is 13.4. The number of aromatic nitrogens is 3. The van der Waals surface area contributed by atoms with Crippen molar-refractivity contribution in [2.24, 2.45) is 0 Å². The molecule has 0 radical (unpaired) electrons. The highest BCUT2D eigenvalue weighted by molar-refractivity contribution is 7.18. The van der Waals surface area contributed by atoms with Gasteiger partial charge in [0.1, 0.15) is 0 Å². The lowest BCUT2D eigenvalue weighted by Crippen LogP contribution is -2.30. The van der Waals surface area contributed by atoms with E-state index in [-0.39, 0.29) is 6.03 Å². The summed E-state index contributed by atoms with van der Waals surface area (Å²) in [6, 6.07) is 5.55. The molecular formula is C16H19N5OS. The number of benzene rings is 1. The van der Waals surface area contributed by atoms with E-state index >= 15 is 0 Å². The molecule has 3 aromatic rings. The normalized spacial score (nSPS) is 10.9. The van der Waals surface area contributed by atoms with Crippen molar-refractivity contribution in [3.05, 3.63) is 40.2 Å². The third-order valence-electron chi connectivity index (χ3n) is 3.69. The molecule has 0 atom stereocenters. The Morgan fingerprint density at radius 2 is 2.13 bits per heavy atom. The van der Waals surface area contributed by atoms with Gasteiger partial charge in [0.2, 0.25) is 0 Å². The van der Waals surface area contributed by atoms with Gasteiger partial charge in [0, 0.05) is 17.9 Å². The summed E-state index contributed by atoms with van der Waals surface area (Å²) in [6.07, 6.45) is 0.756.